The number of carbonyl (C=O) groups is 5. The van der Waals surface area contributed by atoms with Gasteiger partial charge in [-0.3, -0.25) is 24.0 Å². The zero-order valence-electron chi connectivity index (χ0n) is 19.5. The summed E-state index contributed by atoms with van der Waals surface area (Å²) in [4.78, 5) is 60.8. The highest BCUT2D eigenvalue weighted by Gasteiger charge is 2.65. The van der Waals surface area contributed by atoms with Gasteiger partial charge in [0.15, 0.2) is 23.2 Å². The van der Waals surface area contributed by atoms with E-state index in [1.807, 2.05) is 10.6 Å². The number of carboxylic acids is 1. The van der Waals surface area contributed by atoms with Crippen LogP contribution in [0.4, 0.5) is 32.0 Å². The number of nitrogens with one attached hydrogen (secondary N) is 3. The Morgan fingerprint density at radius 2 is 1.54 bits per heavy atom. The van der Waals surface area contributed by atoms with E-state index >= 15 is 0 Å². The minimum Gasteiger partial charge on any atom is -0.481 e. The van der Waals surface area contributed by atoms with Crippen molar-refractivity contribution in [2.24, 2.45) is 5.92 Å². The van der Waals surface area contributed by atoms with Gasteiger partial charge < -0.3 is 25.8 Å². The lowest BCUT2D eigenvalue weighted by atomic mass is 10.1. The average molecular weight is 561 g/mol. The Balaban J connectivity index is 1.67. The molecule has 39 heavy (non-hydrogen) atoms. The molecule has 0 aromatic heterocycles. The van der Waals surface area contributed by atoms with E-state index in [2.05, 4.69) is 4.74 Å². The average Bonchev–Trinajstić information content (AvgIpc) is 3.60. The third-order valence-corrected chi connectivity index (χ3v) is 5.67. The van der Waals surface area contributed by atoms with Crippen molar-refractivity contribution in [3.63, 3.8) is 0 Å². The molecular formula is C23H17F6N3O7. The van der Waals surface area contributed by atoms with Crippen LogP contribution in [0, 0.1) is 40.8 Å². The van der Waals surface area contributed by atoms with Gasteiger partial charge >= 0.3 is 17.8 Å². The first-order chi connectivity index (χ1) is 18.2. The quantitative estimate of drug-likeness (QED) is 0.206. The second kappa shape index (κ2) is 11.0. The van der Waals surface area contributed by atoms with Crippen molar-refractivity contribution in [3.8, 4) is 5.75 Å². The van der Waals surface area contributed by atoms with E-state index in [4.69, 9.17) is 0 Å². The van der Waals surface area contributed by atoms with E-state index in [0.29, 0.717) is 0 Å². The van der Waals surface area contributed by atoms with E-state index in [9.17, 15) is 55.4 Å². The second-order valence-electron chi connectivity index (χ2n) is 8.31. The first-order valence-corrected chi connectivity index (χ1v) is 10.8. The summed E-state index contributed by atoms with van der Waals surface area (Å²) >= 11 is 0. The molecule has 0 aliphatic heterocycles. The SMILES string of the molecule is C[C@H](NC(=O)C(=O)Nc1c(F)cccc1F)C(=O)NC1(C(=O)COc2c(F)c(F)cc(F)c2F)CC1C(=O)O. The van der Waals surface area contributed by atoms with Crippen LogP contribution in [0.2, 0.25) is 0 Å². The Bertz CT molecular complexity index is 1340. The van der Waals surface area contributed by atoms with Gasteiger partial charge in [0, 0.05) is 6.07 Å². The Labute approximate surface area is 214 Å². The number of aliphatic carboxylic acids is 1. The van der Waals surface area contributed by atoms with Gasteiger partial charge in [0.2, 0.25) is 17.5 Å². The summed E-state index contributed by atoms with van der Waals surface area (Å²) in [5.41, 5.74) is -3.13. The first kappa shape index (κ1) is 28.9. The highest BCUT2D eigenvalue weighted by molar-refractivity contribution is 6.40. The molecular weight excluding hydrogens is 544 g/mol. The van der Waals surface area contributed by atoms with E-state index in [1.54, 1.807) is 5.32 Å². The van der Waals surface area contributed by atoms with Gasteiger partial charge in [-0.2, -0.15) is 8.78 Å². The molecule has 1 fully saturated rings. The minimum atomic E-state index is -2.20. The minimum absolute atomic E-state index is 0.106. The maximum absolute atomic E-state index is 13.8. The van der Waals surface area contributed by atoms with Crippen molar-refractivity contribution < 1.29 is 60.2 Å². The number of Topliss-reactive ketones (excluding diaryl/α,β-unsaturated/α-hetero) is 1. The van der Waals surface area contributed by atoms with Crippen LogP contribution in [0.15, 0.2) is 24.3 Å². The first-order valence-electron chi connectivity index (χ1n) is 10.8. The molecule has 4 N–H and O–H groups in total. The molecule has 3 rings (SSSR count). The molecule has 208 valence electrons. The van der Waals surface area contributed by atoms with Crippen molar-refractivity contribution in [2.45, 2.75) is 24.9 Å². The van der Waals surface area contributed by atoms with E-state index in [-0.39, 0.29) is 6.07 Å². The van der Waals surface area contributed by atoms with Gasteiger partial charge in [-0.05, 0) is 25.5 Å². The lowest BCUT2D eigenvalue weighted by Crippen LogP contribution is -2.55. The van der Waals surface area contributed by atoms with Crippen LogP contribution in [0.1, 0.15) is 13.3 Å². The van der Waals surface area contributed by atoms with Gasteiger partial charge in [0.25, 0.3) is 0 Å². The summed E-state index contributed by atoms with van der Waals surface area (Å²) < 4.78 is 86.2. The van der Waals surface area contributed by atoms with Crippen molar-refractivity contribution in [3.05, 3.63) is 59.2 Å². The van der Waals surface area contributed by atoms with E-state index in [1.165, 1.54) is 0 Å². The van der Waals surface area contributed by atoms with Crippen molar-refractivity contribution in [2.75, 3.05) is 11.9 Å². The number of rotatable bonds is 9. The number of hydrogen-bond acceptors (Lipinski definition) is 6. The Morgan fingerprint density at radius 1 is 0.974 bits per heavy atom. The molecule has 2 aromatic rings. The Hall–Kier alpha value is -4.63. The lowest BCUT2D eigenvalue weighted by Gasteiger charge is -2.21. The topological polar surface area (TPSA) is 151 Å². The fourth-order valence-corrected chi connectivity index (χ4v) is 3.47. The highest BCUT2D eigenvalue weighted by atomic mass is 19.2. The van der Waals surface area contributed by atoms with Crippen LogP contribution < -0.4 is 20.7 Å². The second-order valence-corrected chi connectivity index (χ2v) is 8.31. The zero-order valence-corrected chi connectivity index (χ0v) is 19.5. The molecule has 2 unspecified atom stereocenters. The van der Waals surface area contributed by atoms with Crippen molar-refractivity contribution in [1.29, 1.82) is 0 Å². The van der Waals surface area contributed by atoms with Crippen LogP contribution in [-0.2, 0) is 24.0 Å². The molecule has 3 amide bonds. The fraction of sp³-hybridized carbons (Fsp3) is 0.261. The summed E-state index contributed by atoms with van der Waals surface area (Å²) in [7, 11) is 0. The highest BCUT2D eigenvalue weighted by Crippen LogP contribution is 2.45. The van der Waals surface area contributed by atoms with Gasteiger partial charge in [0.1, 0.15) is 35.5 Å². The Morgan fingerprint density at radius 3 is 2.05 bits per heavy atom. The predicted molar refractivity (Wildman–Crippen MR) is 116 cm³/mol. The number of ether oxygens (including phenoxy) is 1. The van der Waals surface area contributed by atoms with E-state index < -0.39 is 106 Å². The molecule has 3 atom stereocenters. The van der Waals surface area contributed by atoms with Crippen LogP contribution in [0.25, 0.3) is 0 Å². The molecule has 16 heteroatoms. The predicted octanol–water partition coefficient (Wildman–Crippen LogP) is 1.57. The number of anilines is 1. The van der Waals surface area contributed by atoms with Gasteiger partial charge in [-0.15, -0.1) is 0 Å². The molecule has 0 saturated heterocycles. The molecule has 0 bridgehead atoms. The lowest BCUT2D eigenvalue weighted by molar-refractivity contribution is -0.141. The van der Waals surface area contributed by atoms with Gasteiger partial charge in [0.05, 0.1) is 5.92 Å². The summed E-state index contributed by atoms with van der Waals surface area (Å²) in [6, 6.07) is 0.872. The number of ketones is 1. The fourth-order valence-electron chi connectivity index (χ4n) is 3.47. The summed E-state index contributed by atoms with van der Waals surface area (Å²) in [5.74, 6) is -20.3. The van der Waals surface area contributed by atoms with Crippen molar-refractivity contribution >= 4 is 35.2 Å². The monoisotopic (exact) mass is 561 g/mol. The standard InChI is InChI=1S/C23H17F6N3O7/c1-8(30-20(35)21(36)31-17-10(24)3-2-4-11(17)25)19(34)32-23(6-9(23)22(37)38)14(33)7-39-18-15(28)12(26)5-13(27)16(18)29/h2-5,8-9H,6-7H2,1H3,(H,30,35)(H,31,36)(H,32,34)(H,37,38)/t8-,9?,23?/m0/s1. The molecule has 1 saturated carbocycles. The van der Waals surface area contributed by atoms with Crippen LogP contribution in [-0.4, -0.2) is 52.8 Å². The molecule has 2 aromatic carbocycles. The number of hydrogen-bond donors (Lipinski definition) is 4. The van der Waals surface area contributed by atoms with Crippen LogP contribution in [0.3, 0.4) is 0 Å². The molecule has 10 nitrogen and oxygen atoms in total. The largest absolute Gasteiger partial charge is 0.481 e. The third kappa shape index (κ3) is 5.94. The third-order valence-electron chi connectivity index (χ3n) is 5.67. The molecule has 0 radical (unpaired) electrons. The molecule has 0 heterocycles. The summed E-state index contributed by atoms with van der Waals surface area (Å²) in [6.07, 6.45) is -0.521. The number of para-hydroxylation sites is 1. The van der Waals surface area contributed by atoms with Crippen LogP contribution >= 0.6 is 0 Å². The number of benzene rings is 2. The number of halogens is 6. The summed E-state index contributed by atoms with van der Waals surface area (Å²) in [6.45, 7) is -0.310. The maximum atomic E-state index is 13.8. The molecule has 0 spiro atoms. The smallest absolute Gasteiger partial charge is 0.313 e. The normalized spacial score (nSPS) is 18.5. The van der Waals surface area contributed by atoms with Gasteiger partial charge in [-0.1, -0.05) is 6.07 Å². The van der Waals surface area contributed by atoms with Gasteiger partial charge in [-0.25, -0.2) is 17.6 Å². The number of carbonyl (C=O) groups excluding carboxylic acids is 4. The zero-order chi connectivity index (χ0) is 29.2. The maximum Gasteiger partial charge on any atom is 0.313 e. The Kier molecular flexibility index (Phi) is 8.16. The molecule has 1 aliphatic rings. The van der Waals surface area contributed by atoms with E-state index in [0.717, 1.165) is 25.1 Å². The number of amides is 3. The summed E-state index contributed by atoms with van der Waals surface area (Å²) in [5, 5.41) is 14.9. The van der Waals surface area contributed by atoms with Crippen LogP contribution in [0.5, 0.6) is 5.75 Å². The number of carboxylic acid groups (broad SMARTS) is 1. The van der Waals surface area contributed by atoms with Crippen molar-refractivity contribution in [1.82, 2.24) is 10.6 Å². The molecule has 1 aliphatic carbocycles.